The highest BCUT2D eigenvalue weighted by atomic mass is 32.2. The number of piperidine rings is 1. The Bertz CT molecular complexity index is 1080. The first-order chi connectivity index (χ1) is 15.3. The summed E-state index contributed by atoms with van der Waals surface area (Å²) in [7, 11) is -3.57. The highest BCUT2D eigenvalue weighted by Gasteiger charge is 2.31. The molecule has 2 aliphatic rings. The van der Waals surface area contributed by atoms with E-state index in [-0.39, 0.29) is 23.2 Å². The molecular weight excluding hydrogens is 429 g/mol. The molecule has 172 valence electrons. The molecule has 1 saturated carbocycles. The number of anilines is 1. The summed E-state index contributed by atoms with van der Waals surface area (Å²) in [6.45, 7) is 3.59. The molecule has 1 N–H and O–H groups in total. The zero-order valence-electron chi connectivity index (χ0n) is 18.4. The van der Waals surface area contributed by atoms with Crippen LogP contribution in [0.3, 0.4) is 0 Å². The number of carbonyl (C=O) groups excluding carboxylic acids is 1. The van der Waals surface area contributed by atoms with Crippen molar-refractivity contribution in [3.05, 3.63) is 59.4 Å². The third-order valence-corrected chi connectivity index (χ3v) is 8.02. The Morgan fingerprint density at radius 2 is 1.88 bits per heavy atom. The van der Waals surface area contributed by atoms with Crippen LogP contribution in [0.15, 0.2) is 47.4 Å². The standard InChI is InChI=1S/C24H30FN3O3S/c1-18-8-11-22(32(30,31)28-12-3-2-4-13-28)15-23(18)26-24(29)17-27(21-9-10-21)16-19-6-5-7-20(25)14-19/h5-8,11,14-15,21H,2-4,9-10,12-13,16-17H2,1H3,(H,26,29). The van der Waals surface area contributed by atoms with Gasteiger partial charge in [0.05, 0.1) is 11.4 Å². The molecule has 0 aromatic heterocycles. The van der Waals surface area contributed by atoms with Crippen LogP contribution < -0.4 is 5.32 Å². The van der Waals surface area contributed by atoms with Crippen molar-refractivity contribution in [1.29, 1.82) is 0 Å². The van der Waals surface area contributed by atoms with Crippen LogP contribution in [-0.2, 0) is 21.4 Å². The lowest BCUT2D eigenvalue weighted by Gasteiger charge is -2.26. The fourth-order valence-electron chi connectivity index (χ4n) is 4.15. The van der Waals surface area contributed by atoms with E-state index < -0.39 is 10.0 Å². The van der Waals surface area contributed by atoms with Gasteiger partial charge in [-0.25, -0.2) is 12.8 Å². The smallest absolute Gasteiger partial charge is 0.243 e. The van der Waals surface area contributed by atoms with Crippen LogP contribution in [0.1, 0.15) is 43.2 Å². The summed E-state index contributed by atoms with van der Waals surface area (Å²) >= 11 is 0. The van der Waals surface area contributed by atoms with Gasteiger partial charge in [0.2, 0.25) is 15.9 Å². The maximum Gasteiger partial charge on any atom is 0.243 e. The maximum absolute atomic E-state index is 13.5. The molecule has 2 fully saturated rings. The number of nitrogens with one attached hydrogen (secondary N) is 1. The van der Waals surface area contributed by atoms with Crippen LogP contribution in [0.5, 0.6) is 0 Å². The number of hydrogen-bond donors (Lipinski definition) is 1. The van der Waals surface area contributed by atoms with Crippen molar-refractivity contribution >= 4 is 21.6 Å². The van der Waals surface area contributed by atoms with E-state index >= 15 is 0 Å². The first-order valence-corrected chi connectivity index (χ1v) is 12.7. The van der Waals surface area contributed by atoms with Crippen molar-refractivity contribution in [3.8, 4) is 0 Å². The van der Waals surface area contributed by atoms with Crippen LogP contribution in [0.4, 0.5) is 10.1 Å². The van der Waals surface area contributed by atoms with Gasteiger partial charge in [-0.3, -0.25) is 9.69 Å². The summed E-state index contributed by atoms with van der Waals surface area (Å²) in [6.07, 6.45) is 4.83. The van der Waals surface area contributed by atoms with Crippen molar-refractivity contribution in [2.75, 3.05) is 25.0 Å². The zero-order chi connectivity index (χ0) is 22.7. The zero-order valence-corrected chi connectivity index (χ0v) is 19.2. The van der Waals surface area contributed by atoms with E-state index in [1.54, 1.807) is 24.3 Å². The van der Waals surface area contributed by atoms with E-state index in [0.717, 1.165) is 43.2 Å². The molecule has 1 heterocycles. The van der Waals surface area contributed by atoms with Crippen LogP contribution in [-0.4, -0.2) is 49.2 Å². The minimum absolute atomic E-state index is 0.170. The molecule has 1 aliphatic carbocycles. The normalized spacial score (nSPS) is 17.5. The number of aryl methyl sites for hydroxylation is 1. The number of carbonyl (C=O) groups is 1. The van der Waals surface area contributed by atoms with Crippen LogP contribution in [0.25, 0.3) is 0 Å². The van der Waals surface area contributed by atoms with Crippen molar-refractivity contribution in [1.82, 2.24) is 9.21 Å². The lowest BCUT2D eigenvalue weighted by molar-refractivity contribution is -0.117. The van der Waals surface area contributed by atoms with Gasteiger partial charge in [0, 0.05) is 31.4 Å². The van der Waals surface area contributed by atoms with Crippen molar-refractivity contribution < 1.29 is 17.6 Å². The Kier molecular flexibility index (Phi) is 6.93. The molecule has 1 amide bonds. The van der Waals surface area contributed by atoms with Gasteiger partial charge in [-0.05, 0) is 68.0 Å². The van der Waals surface area contributed by atoms with Crippen molar-refractivity contribution in [3.63, 3.8) is 0 Å². The Balaban J connectivity index is 1.45. The second-order valence-corrected chi connectivity index (χ2v) is 10.7. The number of rotatable bonds is 8. The molecule has 8 heteroatoms. The number of amides is 1. The Morgan fingerprint density at radius 3 is 2.56 bits per heavy atom. The summed E-state index contributed by atoms with van der Waals surface area (Å²) < 4.78 is 41.1. The van der Waals surface area contributed by atoms with E-state index in [9.17, 15) is 17.6 Å². The molecule has 0 radical (unpaired) electrons. The number of nitrogens with zero attached hydrogens (tertiary/aromatic N) is 2. The first-order valence-electron chi connectivity index (χ1n) is 11.2. The lowest BCUT2D eigenvalue weighted by Crippen LogP contribution is -2.36. The molecule has 1 aliphatic heterocycles. The van der Waals surface area contributed by atoms with Crippen LogP contribution in [0, 0.1) is 12.7 Å². The summed E-state index contributed by atoms with van der Waals surface area (Å²) in [6, 6.07) is 11.6. The summed E-state index contributed by atoms with van der Waals surface area (Å²) in [4.78, 5) is 15.1. The monoisotopic (exact) mass is 459 g/mol. The average molecular weight is 460 g/mol. The molecular formula is C24H30FN3O3S. The minimum atomic E-state index is -3.57. The second kappa shape index (κ2) is 9.68. The first kappa shape index (κ1) is 22.9. The van der Waals surface area contributed by atoms with Crippen molar-refractivity contribution in [2.24, 2.45) is 0 Å². The predicted octanol–water partition coefficient (Wildman–Crippen LogP) is 3.91. The van der Waals surface area contributed by atoms with Gasteiger partial charge in [-0.1, -0.05) is 24.6 Å². The average Bonchev–Trinajstić information content (AvgIpc) is 3.61. The third-order valence-electron chi connectivity index (χ3n) is 6.12. The predicted molar refractivity (Wildman–Crippen MR) is 122 cm³/mol. The Morgan fingerprint density at radius 1 is 1.12 bits per heavy atom. The molecule has 2 aromatic rings. The molecule has 0 spiro atoms. The number of sulfonamides is 1. The Hall–Kier alpha value is -2.29. The van der Waals surface area contributed by atoms with Gasteiger partial charge >= 0.3 is 0 Å². The maximum atomic E-state index is 13.5. The van der Waals surface area contributed by atoms with E-state index in [4.69, 9.17) is 0 Å². The van der Waals surface area contributed by atoms with Crippen LogP contribution in [0.2, 0.25) is 0 Å². The molecule has 6 nitrogen and oxygen atoms in total. The lowest BCUT2D eigenvalue weighted by atomic mass is 10.2. The molecule has 4 rings (SSSR count). The summed E-state index contributed by atoms with van der Waals surface area (Å²) in [5, 5.41) is 2.90. The van der Waals surface area contributed by atoms with Gasteiger partial charge in [0.15, 0.2) is 0 Å². The largest absolute Gasteiger partial charge is 0.325 e. The van der Waals surface area contributed by atoms with E-state index in [1.807, 2.05) is 17.9 Å². The molecule has 1 saturated heterocycles. The van der Waals surface area contributed by atoms with Gasteiger partial charge in [0.25, 0.3) is 0 Å². The van der Waals surface area contributed by atoms with E-state index in [1.165, 1.54) is 16.4 Å². The fourth-order valence-corrected chi connectivity index (χ4v) is 5.69. The van der Waals surface area contributed by atoms with Gasteiger partial charge in [-0.15, -0.1) is 0 Å². The van der Waals surface area contributed by atoms with E-state index in [2.05, 4.69) is 5.32 Å². The van der Waals surface area contributed by atoms with Crippen LogP contribution >= 0.6 is 0 Å². The molecule has 0 unspecified atom stereocenters. The summed E-state index contributed by atoms with van der Waals surface area (Å²) in [5.41, 5.74) is 2.14. The Labute approximate surface area is 189 Å². The number of benzene rings is 2. The summed E-state index contributed by atoms with van der Waals surface area (Å²) in [5.74, 6) is -0.492. The highest BCUT2D eigenvalue weighted by Crippen LogP contribution is 2.29. The highest BCUT2D eigenvalue weighted by molar-refractivity contribution is 7.89. The molecule has 0 atom stereocenters. The number of hydrogen-bond acceptors (Lipinski definition) is 4. The quantitative estimate of drug-likeness (QED) is 0.650. The fraction of sp³-hybridized carbons (Fsp3) is 0.458. The van der Waals surface area contributed by atoms with E-state index in [0.29, 0.717) is 31.4 Å². The molecule has 32 heavy (non-hydrogen) atoms. The third kappa shape index (κ3) is 5.54. The SMILES string of the molecule is Cc1ccc(S(=O)(=O)N2CCCCC2)cc1NC(=O)CN(Cc1cccc(F)c1)C1CC1. The topological polar surface area (TPSA) is 69.7 Å². The van der Waals surface area contributed by atoms with Gasteiger partial charge in [0.1, 0.15) is 5.82 Å². The minimum Gasteiger partial charge on any atom is -0.325 e. The molecule has 2 aromatic carbocycles. The second-order valence-electron chi connectivity index (χ2n) is 8.76. The number of halogens is 1. The van der Waals surface area contributed by atoms with Gasteiger partial charge < -0.3 is 5.32 Å². The van der Waals surface area contributed by atoms with Gasteiger partial charge in [-0.2, -0.15) is 4.31 Å². The van der Waals surface area contributed by atoms with Crippen molar-refractivity contribution in [2.45, 2.75) is 56.5 Å². The molecule has 0 bridgehead atoms.